The molecule has 1 heterocycles. The summed E-state index contributed by atoms with van der Waals surface area (Å²) < 4.78 is 5.66. The van der Waals surface area contributed by atoms with E-state index in [1.54, 1.807) is 0 Å². The summed E-state index contributed by atoms with van der Waals surface area (Å²) in [6.45, 7) is 7.58. The predicted molar refractivity (Wildman–Crippen MR) is 66.7 cm³/mol. The van der Waals surface area contributed by atoms with Crippen molar-refractivity contribution in [2.45, 2.75) is 39.3 Å². The molecule has 2 rings (SSSR count). The van der Waals surface area contributed by atoms with Crippen LogP contribution in [0.3, 0.4) is 0 Å². The average molecular weight is 219 g/mol. The van der Waals surface area contributed by atoms with Crippen molar-refractivity contribution < 1.29 is 4.74 Å². The molecule has 2 nitrogen and oxygen atoms in total. The lowest BCUT2D eigenvalue weighted by molar-refractivity contribution is 0.237. The molecule has 0 saturated heterocycles. The quantitative estimate of drug-likeness (QED) is 0.843. The zero-order valence-electron chi connectivity index (χ0n) is 10.4. The summed E-state index contributed by atoms with van der Waals surface area (Å²) in [5.41, 5.74) is 1.31. The summed E-state index contributed by atoms with van der Waals surface area (Å²) in [4.78, 5) is 0. The molecule has 0 aliphatic carbocycles. The first-order chi connectivity index (χ1) is 7.68. The van der Waals surface area contributed by atoms with E-state index in [2.05, 4.69) is 44.3 Å². The molecule has 0 unspecified atom stereocenters. The average Bonchev–Trinajstić information content (AvgIpc) is 2.29. The third kappa shape index (κ3) is 2.38. The Labute approximate surface area is 98.0 Å². The largest absolute Gasteiger partial charge is 0.493 e. The van der Waals surface area contributed by atoms with Gasteiger partial charge < -0.3 is 10.1 Å². The van der Waals surface area contributed by atoms with Gasteiger partial charge in [-0.05, 0) is 18.9 Å². The molecule has 0 aromatic heterocycles. The van der Waals surface area contributed by atoms with Crippen LogP contribution in [0.5, 0.6) is 5.75 Å². The minimum atomic E-state index is 0.447. The van der Waals surface area contributed by atoms with E-state index in [4.69, 9.17) is 4.74 Å². The van der Waals surface area contributed by atoms with Crippen LogP contribution >= 0.6 is 0 Å². The van der Waals surface area contributed by atoms with Crippen molar-refractivity contribution in [1.29, 1.82) is 0 Å². The summed E-state index contributed by atoms with van der Waals surface area (Å²) in [7, 11) is 0. The lowest BCUT2D eigenvalue weighted by Crippen LogP contribution is -2.36. The van der Waals surface area contributed by atoms with Crippen LogP contribution in [0.4, 0.5) is 0 Å². The van der Waals surface area contributed by atoms with Crippen LogP contribution in [0.25, 0.3) is 0 Å². The van der Waals surface area contributed by atoms with Crippen LogP contribution in [0, 0.1) is 5.92 Å². The number of nitrogens with one attached hydrogen (secondary N) is 1. The molecule has 1 aromatic rings. The summed E-state index contributed by atoms with van der Waals surface area (Å²) >= 11 is 0. The minimum Gasteiger partial charge on any atom is -0.493 e. The molecule has 88 valence electrons. The molecule has 1 N–H and O–H groups in total. The molecule has 0 amide bonds. The summed E-state index contributed by atoms with van der Waals surface area (Å²) in [6, 6.07) is 9.33. The zero-order chi connectivity index (χ0) is 11.5. The van der Waals surface area contributed by atoms with E-state index in [0.29, 0.717) is 18.0 Å². The molecule has 0 saturated carbocycles. The van der Waals surface area contributed by atoms with Crippen LogP contribution in [-0.2, 0) is 0 Å². The van der Waals surface area contributed by atoms with E-state index >= 15 is 0 Å². The van der Waals surface area contributed by atoms with Crippen LogP contribution in [0.15, 0.2) is 24.3 Å². The second kappa shape index (κ2) is 4.88. The highest BCUT2D eigenvalue weighted by atomic mass is 16.5. The molecule has 1 aromatic carbocycles. The number of para-hydroxylation sites is 1. The molecule has 0 bridgehead atoms. The van der Waals surface area contributed by atoms with Crippen molar-refractivity contribution >= 4 is 0 Å². The molecule has 0 fully saturated rings. The first-order valence-corrected chi connectivity index (χ1v) is 6.16. The van der Waals surface area contributed by atoms with E-state index < -0.39 is 0 Å². The van der Waals surface area contributed by atoms with Gasteiger partial charge in [0.15, 0.2) is 0 Å². The standard InChI is InChI=1S/C14H21NO/c1-10(2)11(3)15-13-8-9-16-14-7-5-4-6-12(13)14/h4-7,10-11,13,15H,8-9H2,1-3H3/t11-,13-/m0/s1. The normalized spacial score (nSPS) is 21.4. The van der Waals surface area contributed by atoms with E-state index in [1.807, 2.05) is 6.07 Å². The highest BCUT2D eigenvalue weighted by Crippen LogP contribution is 2.32. The van der Waals surface area contributed by atoms with E-state index in [-0.39, 0.29) is 0 Å². The Morgan fingerprint density at radius 1 is 1.25 bits per heavy atom. The lowest BCUT2D eigenvalue weighted by Gasteiger charge is -2.30. The molecule has 16 heavy (non-hydrogen) atoms. The molecule has 2 atom stereocenters. The van der Waals surface area contributed by atoms with Crippen molar-refractivity contribution in [3.63, 3.8) is 0 Å². The van der Waals surface area contributed by atoms with Crippen molar-refractivity contribution in [3.05, 3.63) is 29.8 Å². The number of hydrogen-bond acceptors (Lipinski definition) is 2. The molecule has 1 aliphatic rings. The summed E-state index contributed by atoms with van der Waals surface area (Å²) in [5.74, 6) is 1.71. The van der Waals surface area contributed by atoms with Gasteiger partial charge in [-0.15, -0.1) is 0 Å². The van der Waals surface area contributed by atoms with Gasteiger partial charge >= 0.3 is 0 Å². The van der Waals surface area contributed by atoms with Crippen LogP contribution in [0.2, 0.25) is 0 Å². The molecule has 2 heteroatoms. The smallest absolute Gasteiger partial charge is 0.124 e. The Bertz CT molecular complexity index is 348. The Kier molecular flexibility index (Phi) is 3.49. The number of fused-ring (bicyclic) bond motifs is 1. The van der Waals surface area contributed by atoms with Gasteiger partial charge in [0, 0.05) is 24.1 Å². The van der Waals surface area contributed by atoms with Crippen molar-refractivity contribution in [2.75, 3.05) is 6.61 Å². The van der Waals surface area contributed by atoms with Crippen molar-refractivity contribution in [2.24, 2.45) is 5.92 Å². The zero-order valence-corrected chi connectivity index (χ0v) is 10.4. The Balaban J connectivity index is 2.13. The van der Waals surface area contributed by atoms with Gasteiger partial charge in [0.1, 0.15) is 5.75 Å². The van der Waals surface area contributed by atoms with E-state index in [0.717, 1.165) is 18.8 Å². The first kappa shape index (κ1) is 11.5. The maximum atomic E-state index is 5.66. The first-order valence-electron chi connectivity index (χ1n) is 6.16. The summed E-state index contributed by atoms with van der Waals surface area (Å²) in [5, 5.41) is 3.69. The van der Waals surface area contributed by atoms with Crippen LogP contribution < -0.4 is 10.1 Å². The number of benzene rings is 1. The third-order valence-electron chi connectivity index (χ3n) is 3.42. The van der Waals surface area contributed by atoms with Crippen LogP contribution in [0.1, 0.15) is 38.8 Å². The fraction of sp³-hybridized carbons (Fsp3) is 0.571. The highest BCUT2D eigenvalue weighted by molar-refractivity contribution is 5.37. The highest BCUT2D eigenvalue weighted by Gasteiger charge is 2.22. The fourth-order valence-electron chi connectivity index (χ4n) is 2.02. The number of rotatable bonds is 3. The SMILES string of the molecule is CC(C)[C@H](C)N[C@H]1CCOc2ccccc21. The van der Waals surface area contributed by atoms with Gasteiger partial charge in [-0.25, -0.2) is 0 Å². The second-order valence-electron chi connectivity index (χ2n) is 4.93. The molecule has 0 spiro atoms. The van der Waals surface area contributed by atoms with Gasteiger partial charge in [0.05, 0.1) is 6.61 Å². The molecular formula is C14H21NO. The molecular weight excluding hydrogens is 198 g/mol. The predicted octanol–water partition coefficient (Wildman–Crippen LogP) is 3.14. The topological polar surface area (TPSA) is 21.3 Å². The molecule has 0 radical (unpaired) electrons. The third-order valence-corrected chi connectivity index (χ3v) is 3.42. The van der Waals surface area contributed by atoms with Gasteiger partial charge in [-0.3, -0.25) is 0 Å². The maximum Gasteiger partial charge on any atom is 0.124 e. The molecule has 1 aliphatic heterocycles. The lowest BCUT2D eigenvalue weighted by atomic mass is 9.97. The van der Waals surface area contributed by atoms with E-state index in [9.17, 15) is 0 Å². The van der Waals surface area contributed by atoms with Gasteiger partial charge in [-0.2, -0.15) is 0 Å². The monoisotopic (exact) mass is 219 g/mol. The van der Waals surface area contributed by atoms with Crippen molar-refractivity contribution in [3.8, 4) is 5.75 Å². The Hall–Kier alpha value is -1.02. The fourth-order valence-corrected chi connectivity index (χ4v) is 2.02. The number of ether oxygens (including phenoxy) is 1. The van der Waals surface area contributed by atoms with Gasteiger partial charge in [-0.1, -0.05) is 32.0 Å². The maximum absolute atomic E-state index is 5.66. The Morgan fingerprint density at radius 3 is 2.75 bits per heavy atom. The van der Waals surface area contributed by atoms with Gasteiger partial charge in [0.25, 0.3) is 0 Å². The Morgan fingerprint density at radius 2 is 2.00 bits per heavy atom. The van der Waals surface area contributed by atoms with Crippen LogP contribution in [-0.4, -0.2) is 12.6 Å². The second-order valence-corrected chi connectivity index (χ2v) is 4.93. The minimum absolute atomic E-state index is 0.447. The van der Waals surface area contributed by atoms with Crippen molar-refractivity contribution in [1.82, 2.24) is 5.32 Å². The van der Waals surface area contributed by atoms with E-state index in [1.165, 1.54) is 5.56 Å². The number of hydrogen-bond donors (Lipinski definition) is 1. The van der Waals surface area contributed by atoms with Gasteiger partial charge in [0.2, 0.25) is 0 Å². The summed E-state index contributed by atoms with van der Waals surface area (Å²) in [6.07, 6.45) is 1.06.